The molecule has 0 saturated carbocycles. The summed E-state index contributed by atoms with van der Waals surface area (Å²) in [5.74, 6) is 0.745. The van der Waals surface area contributed by atoms with E-state index in [-0.39, 0.29) is 0 Å². The van der Waals surface area contributed by atoms with Gasteiger partial charge in [0.1, 0.15) is 0 Å². The molecule has 1 N–H and O–H groups in total. The highest BCUT2D eigenvalue weighted by molar-refractivity contribution is 5.26. The number of hydrogen-bond donors (Lipinski definition) is 1. The van der Waals surface area contributed by atoms with Gasteiger partial charge in [-0.2, -0.15) is 0 Å². The molecular formula is C16H31N3. The lowest BCUT2D eigenvalue weighted by atomic mass is 10.0. The first-order valence-electron chi connectivity index (χ1n) is 7.31. The van der Waals surface area contributed by atoms with Gasteiger partial charge in [0.15, 0.2) is 0 Å². The van der Waals surface area contributed by atoms with Crippen molar-refractivity contribution in [3.63, 3.8) is 0 Å². The Morgan fingerprint density at radius 2 is 1.89 bits per heavy atom. The summed E-state index contributed by atoms with van der Waals surface area (Å²) in [6, 6.07) is 2.90. The fraction of sp³-hybridized carbons (Fsp3) is 0.750. The molecule has 1 heterocycles. The van der Waals surface area contributed by atoms with Crippen molar-refractivity contribution < 1.29 is 0 Å². The number of aromatic nitrogens is 1. The van der Waals surface area contributed by atoms with Gasteiger partial charge in [0.2, 0.25) is 0 Å². The molecule has 0 saturated heterocycles. The zero-order valence-corrected chi connectivity index (χ0v) is 13.7. The molecule has 3 heteroatoms. The maximum Gasteiger partial charge on any atom is 0.0224 e. The second-order valence-electron chi connectivity index (χ2n) is 6.33. The van der Waals surface area contributed by atoms with E-state index in [4.69, 9.17) is 0 Å². The van der Waals surface area contributed by atoms with Crippen LogP contribution in [0.3, 0.4) is 0 Å². The molecule has 1 atom stereocenters. The third-order valence-corrected chi connectivity index (χ3v) is 4.05. The molecule has 0 amide bonds. The average Bonchev–Trinajstić information content (AvgIpc) is 2.55. The van der Waals surface area contributed by atoms with Crippen LogP contribution in [0.5, 0.6) is 0 Å². The highest BCUT2D eigenvalue weighted by atomic mass is 15.1. The molecule has 1 aromatic heterocycles. The first kappa shape index (κ1) is 16.3. The van der Waals surface area contributed by atoms with Crippen molar-refractivity contribution in [1.82, 2.24) is 14.8 Å². The monoisotopic (exact) mass is 265 g/mol. The van der Waals surface area contributed by atoms with E-state index >= 15 is 0 Å². The van der Waals surface area contributed by atoms with Gasteiger partial charge in [0.05, 0.1) is 0 Å². The molecule has 0 aliphatic heterocycles. The van der Waals surface area contributed by atoms with Crippen molar-refractivity contribution in [2.75, 3.05) is 20.6 Å². The minimum Gasteiger partial charge on any atom is -0.352 e. The maximum absolute atomic E-state index is 3.61. The summed E-state index contributed by atoms with van der Waals surface area (Å²) in [6.45, 7) is 11.0. The Kier molecular flexibility index (Phi) is 6.08. The van der Waals surface area contributed by atoms with Gasteiger partial charge >= 0.3 is 0 Å². The van der Waals surface area contributed by atoms with Crippen molar-refractivity contribution in [3.05, 3.63) is 23.0 Å². The number of nitrogens with one attached hydrogen (secondary N) is 1. The van der Waals surface area contributed by atoms with E-state index in [2.05, 4.69) is 69.7 Å². The molecule has 19 heavy (non-hydrogen) atoms. The van der Waals surface area contributed by atoms with Gasteiger partial charge in [0, 0.05) is 37.6 Å². The van der Waals surface area contributed by atoms with Crippen LogP contribution in [0.2, 0.25) is 0 Å². The van der Waals surface area contributed by atoms with Gasteiger partial charge in [-0.15, -0.1) is 0 Å². The highest BCUT2D eigenvalue weighted by Crippen LogP contribution is 2.13. The zero-order chi connectivity index (χ0) is 14.6. The van der Waals surface area contributed by atoms with Gasteiger partial charge in [-0.1, -0.05) is 13.8 Å². The largest absolute Gasteiger partial charge is 0.352 e. The Labute approximate surface area is 119 Å². The normalized spacial score (nSPS) is 13.5. The minimum absolute atomic E-state index is 0.616. The molecule has 0 spiro atoms. The van der Waals surface area contributed by atoms with Gasteiger partial charge in [0.25, 0.3) is 0 Å². The topological polar surface area (TPSA) is 20.2 Å². The van der Waals surface area contributed by atoms with Gasteiger partial charge in [-0.25, -0.2) is 0 Å². The molecule has 0 bridgehead atoms. The lowest BCUT2D eigenvalue weighted by Gasteiger charge is -2.26. The molecule has 0 aliphatic rings. The number of hydrogen-bond acceptors (Lipinski definition) is 2. The molecule has 1 unspecified atom stereocenters. The Balaban J connectivity index is 2.49. The second kappa shape index (κ2) is 7.11. The summed E-state index contributed by atoms with van der Waals surface area (Å²) in [7, 11) is 6.48. The predicted octanol–water partition coefficient (Wildman–Crippen LogP) is 2.71. The molecule has 0 radical (unpaired) electrons. The lowest BCUT2D eigenvalue weighted by Crippen LogP contribution is -2.38. The Bertz CT molecular complexity index is 391. The molecule has 3 nitrogen and oxygen atoms in total. The number of likely N-dealkylation sites (N-methyl/N-ethyl adjacent to an activating group) is 1. The fourth-order valence-electron chi connectivity index (χ4n) is 2.51. The molecule has 1 aromatic rings. The van der Waals surface area contributed by atoms with Crippen molar-refractivity contribution in [2.45, 2.75) is 46.7 Å². The second-order valence-corrected chi connectivity index (χ2v) is 6.33. The van der Waals surface area contributed by atoms with Crippen molar-refractivity contribution in [2.24, 2.45) is 13.0 Å². The molecule has 1 rings (SSSR count). The fourth-order valence-corrected chi connectivity index (χ4v) is 2.51. The first-order valence-corrected chi connectivity index (χ1v) is 7.31. The quantitative estimate of drug-likeness (QED) is 0.818. The maximum atomic E-state index is 3.61. The third kappa shape index (κ3) is 4.66. The van der Waals surface area contributed by atoms with E-state index in [1.54, 1.807) is 0 Å². The van der Waals surface area contributed by atoms with Crippen molar-refractivity contribution in [1.29, 1.82) is 0 Å². The predicted molar refractivity (Wildman–Crippen MR) is 83.5 cm³/mol. The van der Waals surface area contributed by atoms with E-state index in [1.165, 1.54) is 23.4 Å². The first-order chi connectivity index (χ1) is 8.82. The SMILES string of the molecule is Cc1cc(CNCC(CC(C)C)N(C)C)c(C)n1C. The van der Waals surface area contributed by atoms with Crippen LogP contribution in [-0.2, 0) is 13.6 Å². The zero-order valence-electron chi connectivity index (χ0n) is 13.7. The van der Waals surface area contributed by atoms with Gasteiger partial charge in [-0.05, 0) is 51.9 Å². The Morgan fingerprint density at radius 1 is 1.26 bits per heavy atom. The Hall–Kier alpha value is -0.800. The van der Waals surface area contributed by atoms with Crippen LogP contribution in [0.1, 0.15) is 37.2 Å². The van der Waals surface area contributed by atoms with E-state index in [9.17, 15) is 0 Å². The van der Waals surface area contributed by atoms with Gasteiger partial charge < -0.3 is 14.8 Å². The van der Waals surface area contributed by atoms with Crippen LogP contribution in [0.25, 0.3) is 0 Å². The van der Waals surface area contributed by atoms with Crippen molar-refractivity contribution in [3.8, 4) is 0 Å². The smallest absolute Gasteiger partial charge is 0.0224 e. The van der Waals surface area contributed by atoms with Gasteiger partial charge in [-0.3, -0.25) is 0 Å². The Morgan fingerprint density at radius 3 is 2.32 bits per heavy atom. The van der Waals surface area contributed by atoms with E-state index in [0.717, 1.165) is 19.0 Å². The summed E-state index contributed by atoms with van der Waals surface area (Å²) in [4.78, 5) is 2.33. The minimum atomic E-state index is 0.616. The van der Waals surface area contributed by atoms with Crippen molar-refractivity contribution >= 4 is 0 Å². The summed E-state index contributed by atoms with van der Waals surface area (Å²) in [5.41, 5.74) is 4.12. The molecule has 0 fully saturated rings. The van der Waals surface area contributed by atoms with Crippen LogP contribution >= 0.6 is 0 Å². The third-order valence-electron chi connectivity index (χ3n) is 4.05. The van der Waals surface area contributed by atoms with Crippen LogP contribution in [0.15, 0.2) is 6.07 Å². The molecule has 110 valence electrons. The number of rotatable bonds is 7. The summed E-state index contributed by atoms with van der Waals surface area (Å²) in [5, 5.41) is 3.61. The average molecular weight is 265 g/mol. The summed E-state index contributed by atoms with van der Waals surface area (Å²) < 4.78 is 2.26. The van der Waals surface area contributed by atoms with Crippen LogP contribution in [0.4, 0.5) is 0 Å². The number of aryl methyl sites for hydroxylation is 1. The van der Waals surface area contributed by atoms with Crippen LogP contribution < -0.4 is 5.32 Å². The van der Waals surface area contributed by atoms with Crippen LogP contribution in [0, 0.1) is 19.8 Å². The molecule has 0 aromatic carbocycles. The molecular weight excluding hydrogens is 234 g/mol. The van der Waals surface area contributed by atoms with E-state index < -0.39 is 0 Å². The van der Waals surface area contributed by atoms with E-state index in [1.807, 2.05) is 0 Å². The summed E-state index contributed by atoms with van der Waals surface area (Å²) >= 11 is 0. The standard InChI is InChI=1S/C16H31N3/c1-12(2)8-16(18(5)6)11-17-10-15-9-13(3)19(7)14(15)4/h9,12,16-17H,8,10-11H2,1-7H3. The van der Waals surface area contributed by atoms with Crippen LogP contribution in [-0.4, -0.2) is 36.1 Å². The summed E-state index contributed by atoms with van der Waals surface area (Å²) in [6.07, 6.45) is 1.24. The lowest BCUT2D eigenvalue weighted by molar-refractivity contribution is 0.246. The van der Waals surface area contributed by atoms with E-state index in [0.29, 0.717) is 6.04 Å². The molecule has 0 aliphatic carbocycles. The number of nitrogens with zero attached hydrogens (tertiary/aromatic N) is 2. The highest BCUT2D eigenvalue weighted by Gasteiger charge is 2.13.